The van der Waals surface area contributed by atoms with Gasteiger partial charge in [-0.2, -0.15) is 11.8 Å². The molecule has 33 heavy (non-hydrogen) atoms. The van der Waals surface area contributed by atoms with Crippen molar-refractivity contribution in [3.05, 3.63) is 39.9 Å². The molecule has 1 aromatic carbocycles. The third-order valence-corrected chi connectivity index (χ3v) is 7.83. The molecule has 1 N–H and O–H groups in total. The van der Waals surface area contributed by atoms with Crippen LogP contribution < -0.4 is 5.56 Å². The van der Waals surface area contributed by atoms with Crippen LogP contribution in [0.4, 0.5) is 4.79 Å². The summed E-state index contributed by atoms with van der Waals surface area (Å²) in [6, 6.07) is 5.97. The van der Waals surface area contributed by atoms with Gasteiger partial charge in [-0.1, -0.05) is 12.1 Å². The summed E-state index contributed by atoms with van der Waals surface area (Å²) in [6.07, 6.45) is 4.14. The Hall–Kier alpha value is -2.06. The van der Waals surface area contributed by atoms with Crippen LogP contribution in [-0.4, -0.2) is 68.9 Å². The van der Waals surface area contributed by atoms with Crippen LogP contribution in [0.15, 0.2) is 23.0 Å². The molecule has 1 unspecified atom stereocenters. The lowest BCUT2D eigenvalue weighted by molar-refractivity contribution is 0.0191. The van der Waals surface area contributed by atoms with Gasteiger partial charge in [0.2, 0.25) is 0 Å². The summed E-state index contributed by atoms with van der Waals surface area (Å²) in [6.45, 7) is 11.6. The molecule has 2 fully saturated rings. The Morgan fingerprint density at radius 3 is 2.70 bits per heavy atom. The fraction of sp³-hybridized carbons (Fsp3) is 0.640. The number of aromatic nitrogens is 2. The monoisotopic (exact) mass is 472 g/mol. The van der Waals surface area contributed by atoms with Crippen LogP contribution in [0.3, 0.4) is 0 Å². The van der Waals surface area contributed by atoms with E-state index in [4.69, 9.17) is 9.72 Å². The van der Waals surface area contributed by atoms with E-state index in [2.05, 4.69) is 9.88 Å². The van der Waals surface area contributed by atoms with Crippen molar-refractivity contribution in [1.82, 2.24) is 19.8 Å². The van der Waals surface area contributed by atoms with Gasteiger partial charge in [-0.15, -0.1) is 0 Å². The lowest BCUT2D eigenvalue weighted by Gasteiger charge is -2.36. The molecule has 0 aliphatic carbocycles. The van der Waals surface area contributed by atoms with Gasteiger partial charge in [-0.25, -0.2) is 9.78 Å². The highest BCUT2D eigenvalue weighted by molar-refractivity contribution is 7.99. The van der Waals surface area contributed by atoms with Gasteiger partial charge >= 0.3 is 6.09 Å². The number of nitrogens with one attached hydrogen (secondary N) is 1. The zero-order valence-corrected chi connectivity index (χ0v) is 21.0. The molecule has 0 radical (unpaired) electrons. The summed E-state index contributed by atoms with van der Waals surface area (Å²) < 4.78 is 5.61. The molecule has 0 saturated carbocycles. The van der Waals surface area contributed by atoms with Crippen LogP contribution in [0.25, 0.3) is 10.9 Å². The number of hydrogen-bond donors (Lipinski definition) is 1. The molecule has 1 aromatic heterocycles. The first kappa shape index (κ1) is 24.1. The van der Waals surface area contributed by atoms with E-state index in [1.54, 1.807) is 0 Å². The SMILES string of the molecule is Cc1cccc2c(=O)[nH]c(CSC3CCN(CC4CCCN4C(=O)OC(C)(C)C)CC3)nc12. The summed E-state index contributed by atoms with van der Waals surface area (Å²) >= 11 is 1.89. The summed E-state index contributed by atoms with van der Waals surface area (Å²) in [4.78, 5) is 37.1. The minimum absolute atomic E-state index is 0.0553. The number of carbonyl (C=O) groups is 1. The van der Waals surface area contributed by atoms with Crippen LogP contribution in [-0.2, 0) is 10.5 Å². The van der Waals surface area contributed by atoms with E-state index < -0.39 is 5.60 Å². The summed E-state index contributed by atoms with van der Waals surface area (Å²) in [5, 5.41) is 1.22. The van der Waals surface area contributed by atoms with Gasteiger partial charge < -0.3 is 19.5 Å². The van der Waals surface area contributed by atoms with Crippen LogP contribution in [0, 0.1) is 6.92 Å². The number of rotatable bonds is 5. The number of aromatic amines is 1. The lowest BCUT2D eigenvalue weighted by Crippen LogP contribution is -2.47. The zero-order chi connectivity index (χ0) is 23.6. The number of para-hydroxylation sites is 1. The normalized spacial score (nSPS) is 20.5. The molecule has 7 nitrogen and oxygen atoms in total. The van der Waals surface area contributed by atoms with E-state index in [1.165, 1.54) is 0 Å². The molecule has 4 rings (SSSR count). The third-order valence-electron chi connectivity index (χ3n) is 6.45. The molecule has 8 heteroatoms. The third kappa shape index (κ3) is 6.09. The van der Waals surface area contributed by atoms with Crippen molar-refractivity contribution in [2.24, 2.45) is 0 Å². The number of likely N-dealkylation sites (tertiary alicyclic amines) is 2. The Balaban J connectivity index is 1.26. The second-order valence-electron chi connectivity index (χ2n) is 10.3. The van der Waals surface area contributed by atoms with Gasteiger partial charge in [0.25, 0.3) is 5.56 Å². The average molecular weight is 473 g/mol. The molecule has 0 spiro atoms. The molecule has 0 bridgehead atoms. The highest BCUT2D eigenvalue weighted by Gasteiger charge is 2.34. The standard InChI is InChI=1S/C25H36N4O3S/c1-17-7-5-9-20-22(17)26-21(27-23(20)30)16-33-19-10-13-28(14-11-19)15-18-8-6-12-29(18)24(31)32-25(2,3)4/h5,7,9,18-19H,6,8,10-16H2,1-4H3,(H,26,27,30). The fourth-order valence-electron chi connectivity index (χ4n) is 4.76. The van der Waals surface area contributed by atoms with E-state index in [9.17, 15) is 9.59 Å². The highest BCUT2D eigenvalue weighted by atomic mass is 32.2. The Kier molecular flexibility index (Phi) is 7.34. The number of hydrogen-bond acceptors (Lipinski definition) is 6. The van der Waals surface area contributed by atoms with Crippen LogP contribution >= 0.6 is 11.8 Å². The van der Waals surface area contributed by atoms with Crippen molar-refractivity contribution in [3.63, 3.8) is 0 Å². The van der Waals surface area contributed by atoms with Crippen molar-refractivity contribution in [1.29, 1.82) is 0 Å². The molecular formula is C25H36N4O3S. The summed E-state index contributed by atoms with van der Waals surface area (Å²) in [7, 11) is 0. The van der Waals surface area contributed by atoms with Crippen molar-refractivity contribution in [2.75, 3.05) is 26.2 Å². The van der Waals surface area contributed by atoms with Crippen molar-refractivity contribution in [2.45, 2.75) is 76.0 Å². The molecule has 2 aromatic rings. The molecule has 2 aliphatic rings. The number of nitrogens with zero attached hydrogens (tertiary/aromatic N) is 3. The molecule has 3 heterocycles. The van der Waals surface area contributed by atoms with Gasteiger partial charge in [-0.3, -0.25) is 4.79 Å². The maximum Gasteiger partial charge on any atom is 0.410 e. The number of thioether (sulfide) groups is 1. The number of fused-ring (bicyclic) bond motifs is 1. The highest BCUT2D eigenvalue weighted by Crippen LogP contribution is 2.28. The predicted octanol–water partition coefficient (Wildman–Crippen LogP) is 4.33. The number of carbonyl (C=O) groups excluding carboxylic acids is 1. The Morgan fingerprint density at radius 2 is 1.97 bits per heavy atom. The summed E-state index contributed by atoms with van der Waals surface area (Å²) in [5.41, 5.74) is 1.33. The number of benzene rings is 1. The van der Waals surface area contributed by atoms with Gasteiger partial charge in [0.05, 0.1) is 16.7 Å². The second kappa shape index (κ2) is 10.1. The van der Waals surface area contributed by atoms with Crippen LogP contribution in [0.5, 0.6) is 0 Å². The second-order valence-corrected chi connectivity index (χ2v) is 11.6. The molecule has 2 saturated heterocycles. The smallest absolute Gasteiger partial charge is 0.410 e. The van der Waals surface area contributed by atoms with Gasteiger partial charge in [0.1, 0.15) is 11.4 Å². The maximum absolute atomic E-state index is 12.6. The Labute approximate surface area is 200 Å². The average Bonchev–Trinajstić information content (AvgIpc) is 3.21. The Morgan fingerprint density at radius 1 is 1.21 bits per heavy atom. The van der Waals surface area contributed by atoms with E-state index >= 15 is 0 Å². The topological polar surface area (TPSA) is 78.5 Å². The van der Waals surface area contributed by atoms with Crippen molar-refractivity contribution < 1.29 is 9.53 Å². The largest absolute Gasteiger partial charge is 0.444 e. The van der Waals surface area contributed by atoms with E-state index in [-0.39, 0.29) is 17.7 Å². The van der Waals surface area contributed by atoms with Crippen LogP contribution in [0.2, 0.25) is 0 Å². The molecule has 2 aliphatic heterocycles. The Bertz CT molecular complexity index is 1040. The lowest BCUT2D eigenvalue weighted by atomic mass is 10.1. The van der Waals surface area contributed by atoms with Crippen molar-refractivity contribution in [3.8, 4) is 0 Å². The van der Waals surface area contributed by atoms with Gasteiger partial charge in [0.15, 0.2) is 0 Å². The van der Waals surface area contributed by atoms with E-state index in [1.807, 2.05) is 62.6 Å². The molecule has 1 atom stereocenters. The first-order valence-corrected chi connectivity index (χ1v) is 13.1. The van der Waals surface area contributed by atoms with Gasteiger partial charge in [0, 0.05) is 24.4 Å². The first-order valence-electron chi connectivity index (χ1n) is 12.0. The van der Waals surface area contributed by atoms with Crippen molar-refractivity contribution >= 4 is 28.8 Å². The minimum Gasteiger partial charge on any atom is -0.444 e. The number of H-pyrrole nitrogens is 1. The van der Waals surface area contributed by atoms with Gasteiger partial charge in [-0.05, 0) is 78.1 Å². The first-order chi connectivity index (χ1) is 15.7. The molecular weight excluding hydrogens is 436 g/mol. The zero-order valence-electron chi connectivity index (χ0n) is 20.2. The maximum atomic E-state index is 12.6. The fourth-order valence-corrected chi connectivity index (χ4v) is 5.83. The molecule has 1 amide bonds. The van der Waals surface area contributed by atoms with E-state index in [0.29, 0.717) is 10.6 Å². The minimum atomic E-state index is -0.456. The predicted molar refractivity (Wildman–Crippen MR) is 134 cm³/mol. The van der Waals surface area contributed by atoms with Crippen LogP contribution in [0.1, 0.15) is 57.8 Å². The summed E-state index contributed by atoms with van der Waals surface area (Å²) in [5.74, 6) is 1.48. The number of piperidine rings is 1. The quantitative estimate of drug-likeness (QED) is 0.698. The number of ether oxygens (including phenoxy) is 1. The molecule has 180 valence electrons. The number of amides is 1. The number of aryl methyl sites for hydroxylation is 1. The van der Waals surface area contributed by atoms with E-state index in [0.717, 1.165) is 74.5 Å².